The van der Waals surface area contributed by atoms with Crippen LogP contribution in [0.15, 0.2) is 30.3 Å². The summed E-state index contributed by atoms with van der Waals surface area (Å²) in [6, 6.07) is 8.97. The van der Waals surface area contributed by atoms with Gasteiger partial charge in [-0.25, -0.2) is 9.69 Å². The number of cyclic esters (lactones) is 1. The van der Waals surface area contributed by atoms with Crippen molar-refractivity contribution in [2.75, 3.05) is 32.7 Å². The van der Waals surface area contributed by atoms with Crippen molar-refractivity contribution in [3.8, 4) is 0 Å². The molecule has 8 heteroatoms. The third kappa shape index (κ3) is 3.40. The molecule has 138 valence electrons. The molecule has 2 aliphatic heterocycles. The number of carbonyl (C=O) groups excluding carboxylic acids is 4. The fraction of sp³-hybridized carbons (Fsp3) is 0.444. The number of ether oxygens (including phenoxy) is 1. The first-order chi connectivity index (χ1) is 12.3. The average Bonchev–Trinajstić information content (AvgIpc) is 2.83. The molecule has 0 atom stereocenters. The maximum atomic E-state index is 12.4. The van der Waals surface area contributed by atoms with Crippen LogP contribution in [0.4, 0.5) is 4.79 Å². The Balaban J connectivity index is 1.55. The van der Waals surface area contributed by atoms with Crippen molar-refractivity contribution in [2.45, 2.75) is 19.4 Å². The number of nitrogens with zero attached hydrogens (tertiary/aromatic N) is 3. The third-order valence-corrected chi connectivity index (χ3v) is 4.56. The highest BCUT2D eigenvalue weighted by molar-refractivity contribution is 6.04. The lowest BCUT2D eigenvalue weighted by atomic mass is 10.1. The highest BCUT2D eigenvalue weighted by Crippen LogP contribution is 2.23. The number of benzene rings is 1. The van der Waals surface area contributed by atoms with E-state index in [4.69, 9.17) is 4.74 Å². The molecule has 0 saturated carbocycles. The maximum Gasteiger partial charge on any atom is 0.418 e. The minimum Gasteiger partial charge on any atom is -0.433 e. The topological polar surface area (TPSA) is 87.2 Å². The van der Waals surface area contributed by atoms with Crippen LogP contribution in [-0.4, -0.2) is 76.8 Å². The number of carbonyl (C=O) groups is 4. The van der Waals surface area contributed by atoms with Gasteiger partial charge in [0.1, 0.15) is 6.54 Å². The van der Waals surface area contributed by atoms with E-state index >= 15 is 0 Å². The summed E-state index contributed by atoms with van der Waals surface area (Å²) in [7, 11) is 0. The summed E-state index contributed by atoms with van der Waals surface area (Å²) in [5.74, 6) is -0.925. The van der Waals surface area contributed by atoms with Gasteiger partial charge in [-0.2, -0.15) is 0 Å². The summed E-state index contributed by atoms with van der Waals surface area (Å²) in [5.41, 5.74) is -0.627. The van der Waals surface area contributed by atoms with Crippen molar-refractivity contribution in [2.24, 2.45) is 0 Å². The van der Waals surface area contributed by atoms with Gasteiger partial charge in [-0.3, -0.25) is 14.4 Å². The second-order valence-corrected chi connectivity index (χ2v) is 6.81. The fourth-order valence-electron chi connectivity index (χ4n) is 3.02. The van der Waals surface area contributed by atoms with Crippen molar-refractivity contribution < 1.29 is 23.9 Å². The van der Waals surface area contributed by atoms with Crippen LogP contribution in [0.25, 0.3) is 0 Å². The minimum absolute atomic E-state index is 0.0715. The molecule has 2 aliphatic rings. The molecule has 0 aromatic heterocycles. The van der Waals surface area contributed by atoms with Gasteiger partial charge < -0.3 is 14.5 Å². The Labute approximate surface area is 151 Å². The first-order valence-corrected chi connectivity index (χ1v) is 8.46. The van der Waals surface area contributed by atoms with E-state index in [2.05, 4.69) is 0 Å². The minimum atomic E-state index is -1.24. The Bertz CT molecular complexity index is 738. The average molecular weight is 359 g/mol. The molecular weight excluding hydrogens is 338 g/mol. The van der Waals surface area contributed by atoms with E-state index in [1.165, 1.54) is 13.8 Å². The van der Waals surface area contributed by atoms with Gasteiger partial charge in [-0.15, -0.1) is 0 Å². The number of imide groups is 1. The lowest BCUT2D eigenvalue weighted by Gasteiger charge is -2.35. The Morgan fingerprint density at radius 2 is 1.58 bits per heavy atom. The lowest BCUT2D eigenvalue weighted by Crippen LogP contribution is -2.53. The van der Waals surface area contributed by atoms with Crippen LogP contribution in [0, 0.1) is 0 Å². The highest BCUT2D eigenvalue weighted by Gasteiger charge is 2.48. The summed E-state index contributed by atoms with van der Waals surface area (Å²) >= 11 is 0. The number of rotatable bonds is 3. The van der Waals surface area contributed by atoms with E-state index in [1.54, 1.807) is 34.1 Å². The number of piperazine rings is 1. The van der Waals surface area contributed by atoms with E-state index in [0.717, 1.165) is 4.90 Å². The zero-order valence-electron chi connectivity index (χ0n) is 14.8. The van der Waals surface area contributed by atoms with Crippen LogP contribution in [0.2, 0.25) is 0 Å². The lowest BCUT2D eigenvalue weighted by molar-refractivity contribution is -0.140. The van der Waals surface area contributed by atoms with E-state index < -0.39 is 17.6 Å². The van der Waals surface area contributed by atoms with Crippen LogP contribution >= 0.6 is 0 Å². The van der Waals surface area contributed by atoms with Gasteiger partial charge in [0.05, 0.1) is 0 Å². The molecule has 0 aliphatic carbocycles. The van der Waals surface area contributed by atoms with Gasteiger partial charge >= 0.3 is 6.09 Å². The molecule has 3 rings (SSSR count). The van der Waals surface area contributed by atoms with Gasteiger partial charge in [0.25, 0.3) is 11.8 Å². The predicted octanol–water partition coefficient (Wildman–Crippen LogP) is 0.728. The molecule has 0 radical (unpaired) electrons. The van der Waals surface area contributed by atoms with Crippen LogP contribution in [0.5, 0.6) is 0 Å². The van der Waals surface area contributed by atoms with Crippen molar-refractivity contribution in [1.82, 2.24) is 14.7 Å². The first-order valence-electron chi connectivity index (χ1n) is 8.46. The zero-order valence-corrected chi connectivity index (χ0v) is 14.8. The largest absolute Gasteiger partial charge is 0.433 e. The van der Waals surface area contributed by atoms with Gasteiger partial charge in [0.2, 0.25) is 5.91 Å². The molecule has 2 saturated heterocycles. The van der Waals surface area contributed by atoms with E-state index in [-0.39, 0.29) is 18.4 Å². The second kappa shape index (κ2) is 6.78. The van der Waals surface area contributed by atoms with Crippen LogP contribution in [0.3, 0.4) is 0 Å². The van der Waals surface area contributed by atoms with Crippen LogP contribution < -0.4 is 0 Å². The third-order valence-electron chi connectivity index (χ3n) is 4.56. The maximum absolute atomic E-state index is 12.4. The second-order valence-electron chi connectivity index (χ2n) is 6.81. The van der Waals surface area contributed by atoms with Gasteiger partial charge in [0, 0.05) is 31.7 Å². The molecule has 8 nitrogen and oxygen atoms in total. The normalized spacial score (nSPS) is 19.5. The van der Waals surface area contributed by atoms with Gasteiger partial charge in [-0.1, -0.05) is 18.2 Å². The SMILES string of the molecule is CC1(C)OC(=O)N(CC(=O)N2CCN(C(=O)c3ccccc3)CC2)C1=O. The molecule has 0 unspecified atom stereocenters. The Morgan fingerprint density at radius 1 is 1.00 bits per heavy atom. The summed E-state index contributed by atoms with van der Waals surface area (Å²) < 4.78 is 4.97. The van der Waals surface area contributed by atoms with Crippen molar-refractivity contribution in [1.29, 1.82) is 0 Å². The van der Waals surface area contributed by atoms with E-state index in [1.807, 2.05) is 6.07 Å². The molecular formula is C18H21N3O5. The molecule has 2 fully saturated rings. The number of hydrogen-bond donors (Lipinski definition) is 0. The fourth-order valence-corrected chi connectivity index (χ4v) is 3.02. The number of hydrogen-bond acceptors (Lipinski definition) is 5. The van der Waals surface area contributed by atoms with E-state index in [9.17, 15) is 19.2 Å². The van der Waals surface area contributed by atoms with Crippen LogP contribution in [0.1, 0.15) is 24.2 Å². The van der Waals surface area contributed by atoms with E-state index in [0.29, 0.717) is 31.7 Å². The predicted molar refractivity (Wildman–Crippen MR) is 91.2 cm³/mol. The quantitative estimate of drug-likeness (QED) is 0.794. The molecule has 26 heavy (non-hydrogen) atoms. The summed E-state index contributed by atoms with van der Waals surface area (Å²) in [4.78, 5) is 52.8. The molecule has 0 bridgehead atoms. The zero-order chi connectivity index (χ0) is 18.9. The summed E-state index contributed by atoms with van der Waals surface area (Å²) in [5, 5.41) is 0. The molecule has 0 spiro atoms. The Morgan fingerprint density at radius 3 is 2.12 bits per heavy atom. The monoisotopic (exact) mass is 359 g/mol. The van der Waals surface area contributed by atoms with Gasteiger partial charge in [0.15, 0.2) is 5.60 Å². The first kappa shape index (κ1) is 17.9. The highest BCUT2D eigenvalue weighted by atomic mass is 16.6. The number of amides is 4. The Kier molecular flexibility index (Phi) is 4.67. The van der Waals surface area contributed by atoms with Crippen LogP contribution in [-0.2, 0) is 14.3 Å². The Hall–Kier alpha value is -2.90. The smallest absolute Gasteiger partial charge is 0.418 e. The van der Waals surface area contributed by atoms with Gasteiger partial charge in [-0.05, 0) is 26.0 Å². The summed E-state index contributed by atoms with van der Waals surface area (Å²) in [6.07, 6.45) is -0.800. The molecule has 0 N–H and O–H groups in total. The van der Waals surface area contributed by atoms with Crippen molar-refractivity contribution in [3.63, 3.8) is 0 Å². The molecule has 1 aromatic carbocycles. The van der Waals surface area contributed by atoms with Crippen molar-refractivity contribution >= 4 is 23.8 Å². The van der Waals surface area contributed by atoms with Crippen molar-refractivity contribution in [3.05, 3.63) is 35.9 Å². The standard InChI is InChI=1S/C18H21N3O5/c1-18(2)16(24)21(17(25)26-18)12-14(22)19-8-10-20(11-9-19)15(23)13-6-4-3-5-7-13/h3-7H,8-12H2,1-2H3. The molecule has 1 aromatic rings. The molecule has 2 heterocycles. The summed E-state index contributed by atoms with van der Waals surface area (Å²) in [6.45, 7) is 4.17. The molecule has 4 amide bonds.